The third-order valence-corrected chi connectivity index (χ3v) is 3.42. The summed E-state index contributed by atoms with van der Waals surface area (Å²) in [5, 5.41) is 0.680. The second-order valence-electron chi connectivity index (χ2n) is 3.56. The molecule has 19 heavy (non-hydrogen) atoms. The van der Waals surface area contributed by atoms with Crippen LogP contribution in [0.1, 0.15) is 10.4 Å². The van der Waals surface area contributed by atoms with Crippen LogP contribution in [0.3, 0.4) is 0 Å². The summed E-state index contributed by atoms with van der Waals surface area (Å²) in [5.41, 5.74) is 4.54. The first-order valence-electron chi connectivity index (χ1n) is 5.29. The predicted octanol–water partition coefficient (Wildman–Crippen LogP) is 1.68. The Morgan fingerprint density at radius 1 is 1.32 bits per heavy atom. The van der Waals surface area contributed by atoms with Crippen LogP contribution in [0.5, 0.6) is 0 Å². The number of para-hydroxylation sites is 1. The Kier molecular flexibility index (Phi) is 4.18. The predicted molar refractivity (Wildman–Crippen MR) is 79.2 cm³/mol. The van der Waals surface area contributed by atoms with Gasteiger partial charge in [-0.05, 0) is 18.4 Å². The van der Waals surface area contributed by atoms with Crippen molar-refractivity contribution in [1.82, 2.24) is 10.9 Å². The number of hydrazine groups is 1. The van der Waals surface area contributed by atoms with Crippen LogP contribution in [0.15, 0.2) is 39.5 Å². The molecule has 0 atom stereocenters. The van der Waals surface area contributed by atoms with Gasteiger partial charge in [-0.1, -0.05) is 42.2 Å². The zero-order valence-electron chi connectivity index (χ0n) is 9.93. The maximum Gasteiger partial charge on any atom is 0.349 e. The van der Waals surface area contributed by atoms with Gasteiger partial charge in [-0.25, -0.2) is 4.79 Å². The molecule has 98 valence electrons. The van der Waals surface area contributed by atoms with Gasteiger partial charge in [-0.15, -0.1) is 0 Å². The van der Waals surface area contributed by atoms with Crippen molar-refractivity contribution in [1.29, 1.82) is 0 Å². The number of thiocarbonyl (C=S) groups is 1. The van der Waals surface area contributed by atoms with Gasteiger partial charge in [0.2, 0.25) is 0 Å². The average Bonchev–Trinajstić information content (AvgIpc) is 2.43. The second kappa shape index (κ2) is 5.85. The third kappa shape index (κ3) is 3.12. The normalized spacial score (nSPS) is 10.2. The van der Waals surface area contributed by atoms with Gasteiger partial charge in [0.05, 0.1) is 0 Å². The molecule has 0 bridgehead atoms. The van der Waals surface area contributed by atoms with Gasteiger partial charge in [0.25, 0.3) is 5.91 Å². The van der Waals surface area contributed by atoms with Crippen LogP contribution < -0.4 is 16.5 Å². The number of amides is 1. The summed E-state index contributed by atoms with van der Waals surface area (Å²) >= 11 is 6.14. The van der Waals surface area contributed by atoms with Crippen LogP contribution in [0, 0.1) is 0 Å². The highest BCUT2D eigenvalue weighted by molar-refractivity contribution is 8.22. The van der Waals surface area contributed by atoms with Crippen LogP contribution in [0.4, 0.5) is 0 Å². The molecule has 0 saturated carbocycles. The lowest BCUT2D eigenvalue weighted by atomic mass is 10.2. The average molecular weight is 294 g/mol. The van der Waals surface area contributed by atoms with E-state index in [1.807, 2.05) is 0 Å². The highest BCUT2D eigenvalue weighted by Crippen LogP contribution is 2.12. The van der Waals surface area contributed by atoms with Gasteiger partial charge in [-0.3, -0.25) is 15.6 Å². The lowest BCUT2D eigenvalue weighted by Gasteiger charge is -2.07. The highest BCUT2D eigenvalue weighted by atomic mass is 32.2. The van der Waals surface area contributed by atoms with E-state index >= 15 is 0 Å². The first-order chi connectivity index (χ1) is 9.11. The lowest BCUT2D eigenvalue weighted by molar-refractivity contribution is 0.0941. The second-order valence-corrected chi connectivity index (χ2v) is 5.04. The van der Waals surface area contributed by atoms with Gasteiger partial charge in [0.15, 0.2) is 4.32 Å². The number of nitrogens with one attached hydrogen (secondary N) is 2. The molecule has 1 aromatic heterocycles. The Labute approximate surface area is 118 Å². The first kappa shape index (κ1) is 13.6. The number of thioether (sulfide) groups is 1. The Hall–Kier alpha value is -1.86. The quantitative estimate of drug-likeness (QED) is 0.474. The van der Waals surface area contributed by atoms with Crippen LogP contribution in [0.2, 0.25) is 0 Å². The molecule has 0 fully saturated rings. The SMILES string of the molecule is CSC(=S)NNC(=O)c1cc2ccccc2oc1=O. The van der Waals surface area contributed by atoms with Crippen molar-refractivity contribution in [2.24, 2.45) is 0 Å². The number of fused-ring (bicyclic) bond motifs is 1. The number of benzene rings is 1. The standard InChI is InChI=1S/C12H10N2O3S2/c1-19-12(18)14-13-10(15)8-6-7-4-2-3-5-9(7)17-11(8)16/h2-6H,1H3,(H,13,15)(H,14,18). The zero-order valence-corrected chi connectivity index (χ0v) is 11.6. The minimum atomic E-state index is -0.687. The Balaban J connectivity index is 2.29. The van der Waals surface area contributed by atoms with E-state index in [1.165, 1.54) is 17.8 Å². The molecule has 1 heterocycles. The lowest BCUT2D eigenvalue weighted by Crippen LogP contribution is -2.41. The summed E-state index contributed by atoms with van der Waals surface area (Å²) in [5.74, 6) is -0.587. The van der Waals surface area contributed by atoms with Gasteiger partial charge in [-0.2, -0.15) is 0 Å². The molecular weight excluding hydrogens is 284 g/mol. The topological polar surface area (TPSA) is 71.3 Å². The molecule has 0 radical (unpaired) electrons. The maximum absolute atomic E-state index is 11.8. The number of carbonyl (C=O) groups excluding carboxylic acids is 1. The highest BCUT2D eigenvalue weighted by Gasteiger charge is 2.13. The van der Waals surface area contributed by atoms with Crippen molar-refractivity contribution >= 4 is 45.2 Å². The summed E-state index contributed by atoms with van der Waals surface area (Å²) in [6.45, 7) is 0. The van der Waals surface area contributed by atoms with Crippen molar-refractivity contribution in [3.63, 3.8) is 0 Å². The van der Waals surface area contributed by atoms with Crippen molar-refractivity contribution < 1.29 is 9.21 Å². The molecule has 0 aliphatic rings. The maximum atomic E-state index is 11.8. The molecule has 5 nitrogen and oxygen atoms in total. The van der Waals surface area contributed by atoms with Crippen LogP contribution in [0.25, 0.3) is 11.0 Å². The molecule has 2 rings (SSSR count). The Morgan fingerprint density at radius 2 is 2.05 bits per heavy atom. The van der Waals surface area contributed by atoms with E-state index in [0.29, 0.717) is 15.3 Å². The van der Waals surface area contributed by atoms with Crippen molar-refractivity contribution in [3.05, 3.63) is 46.3 Å². The fourth-order valence-electron chi connectivity index (χ4n) is 1.45. The molecule has 2 N–H and O–H groups in total. The molecule has 0 saturated heterocycles. The van der Waals surface area contributed by atoms with Crippen LogP contribution in [-0.2, 0) is 0 Å². The van der Waals surface area contributed by atoms with Gasteiger partial charge in [0.1, 0.15) is 11.1 Å². The number of hydrogen-bond acceptors (Lipinski definition) is 5. The third-order valence-electron chi connectivity index (χ3n) is 2.35. The van der Waals surface area contributed by atoms with Crippen molar-refractivity contribution in [2.45, 2.75) is 0 Å². The van der Waals surface area contributed by atoms with Crippen LogP contribution in [-0.4, -0.2) is 16.5 Å². The number of rotatable bonds is 1. The summed E-state index contributed by atoms with van der Waals surface area (Å²) in [7, 11) is 0. The van der Waals surface area contributed by atoms with E-state index in [2.05, 4.69) is 10.9 Å². The Bertz CT molecular complexity index is 697. The first-order valence-corrected chi connectivity index (χ1v) is 6.92. The van der Waals surface area contributed by atoms with E-state index in [4.69, 9.17) is 16.6 Å². The van der Waals surface area contributed by atoms with Crippen molar-refractivity contribution in [2.75, 3.05) is 6.26 Å². The van der Waals surface area contributed by atoms with E-state index in [-0.39, 0.29) is 5.56 Å². The molecule has 2 aromatic rings. The number of hydrogen-bond donors (Lipinski definition) is 2. The summed E-state index contributed by atoms with van der Waals surface area (Å²) < 4.78 is 5.47. The zero-order chi connectivity index (χ0) is 13.8. The van der Waals surface area contributed by atoms with Gasteiger partial charge >= 0.3 is 5.63 Å². The molecular formula is C12H10N2O3S2. The smallest absolute Gasteiger partial charge is 0.349 e. The summed E-state index contributed by atoms with van der Waals surface area (Å²) in [6, 6.07) is 8.46. The molecule has 7 heteroatoms. The summed E-state index contributed by atoms with van der Waals surface area (Å²) in [4.78, 5) is 23.5. The van der Waals surface area contributed by atoms with E-state index in [9.17, 15) is 9.59 Å². The molecule has 0 aliphatic carbocycles. The molecule has 0 aliphatic heterocycles. The Morgan fingerprint density at radius 3 is 2.79 bits per heavy atom. The van der Waals surface area contributed by atoms with E-state index in [1.54, 1.807) is 30.5 Å². The van der Waals surface area contributed by atoms with Crippen molar-refractivity contribution in [3.8, 4) is 0 Å². The molecule has 1 amide bonds. The van der Waals surface area contributed by atoms with E-state index in [0.717, 1.165) is 0 Å². The fraction of sp³-hybridized carbons (Fsp3) is 0.0833. The fourth-order valence-corrected chi connectivity index (χ4v) is 1.65. The van der Waals surface area contributed by atoms with E-state index < -0.39 is 11.5 Å². The van der Waals surface area contributed by atoms with Gasteiger partial charge in [0, 0.05) is 5.39 Å². The van der Waals surface area contributed by atoms with Gasteiger partial charge < -0.3 is 4.42 Å². The number of carbonyl (C=O) groups is 1. The summed E-state index contributed by atoms with van der Waals surface area (Å²) in [6.07, 6.45) is 1.77. The monoisotopic (exact) mass is 294 g/mol. The molecule has 0 spiro atoms. The largest absolute Gasteiger partial charge is 0.422 e. The minimum absolute atomic E-state index is 0.0740. The molecule has 0 unspecified atom stereocenters. The minimum Gasteiger partial charge on any atom is -0.422 e. The van der Waals surface area contributed by atoms with Crippen LogP contribution >= 0.6 is 24.0 Å². The molecule has 1 aromatic carbocycles.